The number of nitrogens with one attached hydrogen (secondary N) is 1. The Kier molecular flexibility index (Phi) is 5.37. The van der Waals surface area contributed by atoms with Gasteiger partial charge in [0.2, 0.25) is 0 Å². The molecule has 5 nitrogen and oxygen atoms in total. The summed E-state index contributed by atoms with van der Waals surface area (Å²) in [5.74, 6) is -2.53. The van der Waals surface area contributed by atoms with Crippen molar-refractivity contribution in [1.29, 1.82) is 5.26 Å². The first-order valence-corrected chi connectivity index (χ1v) is 8.39. The Bertz CT molecular complexity index is 1120. The van der Waals surface area contributed by atoms with E-state index in [9.17, 15) is 22.4 Å². The van der Waals surface area contributed by atoms with Gasteiger partial charge in [-0.3, -0.25) is 0 Å². The molecule has 0 fully saturated rings. The van der Waals surface area contributed by atoms with Crippen molar-refractivity contribution in [2.24, 2.45) is 0 Å². The monoisotopic (exact) mass is 403 g/mol. The average molecular weight is 403 g/mol. The van der Waals surface area contributed by atoms with Crippen molar-refractivity contribution in [3.05, 3.63) is 65.0 Å². The first-order chi connectivity index (χ1) is 13.7. The zero-order chi connectivity index (χ0) is 21.2. The lowest BCUT2D eigenvalue weighted by atomic mass is 10.0. The molecule has 0 spiro atoms. The van der Waals surface area contributed by atoms with Crippen LogP contribution in [0.2, 0.25) is 0 Å². The van der Waals surface area contributed by atoms with Crippen LogP contribution in [0.4, 0.5) is 29.1 Å². The highest BCUT2D eigenvalue weighted by Gasteiger charge is 2.40. The highest BCUT2D eigenvalue weighted by Crippen LogP contribution is 2.40. The molecule has 1 heterocycles. The van der Waals surface area contributed by atoms with Crippen LogP contribution in [0.3, 0.4) is 0 Å². The Morgan fingerprint density at radius 2 is 1.90 bits per heavy atom. The molecule has 0 aliphatic rings. The highest BCUT2D eigenvalue weighted by atomic mass is 19.4. The number of nitrogens with zero attached hydrogens (tertiary/aromatic N) is 2. The van der Waals surface area contributed by atoms with Gasteiger partial charge in [0.15, 0.2) is 0 Å². The predicted octanol–water partition coefficient (Wildman–Crippen LogP) is 5.18. The molecule has 0 saturated carbocycles. The molecule has 29 heavy (non-hydrogen) atoms. The smallest absolute Gasteiger partial charge is 0.418 e. The quantitative estimate of drug-likeness (QED) is 0.480. The Labute approximate surface area is 162 Å². The van der Waals surface area contributed by atoms with Gasteiger partial charge in [-0.2, -0.15) is 18.4 Å². The standard InChI is InChI=1S/C20H13F4N3O2/c1-2-29-19(28)16-17(20(22,23)24)14-9-12(21)5-8-15(14)27-18(16)26-13-6-3-11(10-25)4-7-13/h3-9H,2H2,1H3,(H,26,27). The number of benzene rings is 2. The molecule has 0 saturated heterocycles. The summed E-state index contributed by atoms with van der Waals surface area (Å²) in [7, 11) is 0. The molecule has 0 aliphatic carbocycles. The van der Waals surface area contributed by atoms with E-state index in [1.54, 1.807) is 0 Å². The van der Waals surface area contributed by atoms with Gasteiger partial charge in [0.25, 0.3) is 0 Å². The molecule has 0 unspecified atom stereocenters. The van der Waals surface area contributed by atoms with Gasteiger partial charge in [-0.15, -0.1) is 0 Å². The topological polar surface area (TPSA) is 75.0 Å². The van der Waals surface area contributed by atoms with Gasteiger partial charge in [-0.1, -0.05) is 0 Å². The van der Waals surface area contributed by atoms with E-state index < -0.39 is 34.5 Å². The first kappa shape index (κ1) is 20.1. The fourth-order valence-electron chi connectivity index (χ4n) is 2.79. The van der Waals surface area contributed by atoms with Crippen LogP contribution in [0.15, 0.2) is 42.5 Å². The summed E-state index contributed by atoms with van der Waals surface area (Å²) in [6.07, 6.45) is -4.97. The second-order valence-electron chi connectivity index (χ2n) is 5.90. The number of anilines is 2. The number of ether oxygens (including phenoxy) is 1. The molecule has 0 radical (unpaired) electrons. The summed E-state index contributed by atoms with van der Waals surface area (Å²) in [4.78, 5) is 16.5. The highest BCUT2D eigenvalue weighted by molar-refractivity contribution is 6.03. The fourth-order valence-corrected chi connectivity index (χ4v) is 2.79. The molecule has 3 aromatic rings. The van der Waals surface area contributed by atoms with Crippen LogP contribution in [-0.2, 0) is 10.9 Å². The molecular formula is C20H13F4N3O2. The molecule has 0 aliphatic heterocycles. The third-order valence-electron chi connectivity index (χ3n) is 3.99. The third-order valence-corrected chi connectivity index (χ3v) is 3.99. The van der Waals surface area contributed by atoms with Gasteiger partial charge >= 0.3 is 12.1 Å². The first-order valence-electron chi connectivity index (χ1n) is 8.39. The second-order valence-corrected chi connectivity index (χ2v) is 5.90. The zero-order valence-electron chi connectivity index (χ0n) is 15.0. The van der Waals surface area contributed by atoms with Crippen LogP contribution in [0.1, 0.15) is 28.4 Å². The molecule has 0 amide bonds. The van der Waals surface area contributed by atoms with Crippen LogP contribution < -0.4 is 5.32 Å². The van der Waals surface area contributed by atoms with Crippen molar-refractivity contribution in [2.45, 2.75) is 13.1 Å². The number of esters is 1. The Morgan fingerprint density at radius 1 is 1.21 bits per heavy atom. The summed E-state index contributed by atoms with van der Waals surface area (Å²) < 4.78 is 60.2. The molecule has 0 atom stereocenters. The molecule has 2 aromatic carbocycles. The minimum Gasteiger partial charge on any atom is -0.462 e. The Morgan fingerprint density at radius 3 is 2.48 bits per heavy atom. The van der Waals surface area contributed by atoms with Crippen molar-refractivity contribution in [1.82, 2.24) is 4.98 Å². The zero-order valence-corrected chi connectivity index (χ0v) is 15.0. The van der Waals surface area contributed by atoms with E-state index in [-0.39, 0.29) is 17.9 Å². The van der Waals surface area contributed by atoms with Gasteiger partial charge < -0.3 is 10.1 Å². The van der Waals surface area contributed by atoms with Crippen LogP contribution in [0.5, 0.6) is 0 Å². The Hall–Kier alpha value is -3.67. The van der Waals surface area contributed by atoms with E-state index in [0.29, 0.717) is 17.3 Å². The summed E-state index contributed by atoms with van der Waals surface area (Å²) in [5, 5.41) is 11.0. The van der Waals surface area contributed by atoms with Gasteiger partial charge in [0, 0.05) is 11.1 Å². The number of hydrogen-bond donors (Lipinski definition) is 1. The normalized spacial score (nSPS) is 11.2. The van der Waals surface area contributed by atoms with Gasteiger partial charge in [0.05, 0.1) is 29.3 Å². The molecule has 148 valence electrons. The lowest BCUT2D eigenvalue weighted by Crippen LogP contribution is -2.19. The number of fused-ring (bicyclic) bond motifs is 1. The van der Waals surface area contributed by atoms with E-state index in [1.165, 1.54) is 31.2 Å². The maximum atomic E-state index is 13.9. The summed E-state index contributed by atoms with van der Waals surface area (Å²) in [6.45, 7) is 1.29. The summed E-state index contributed by atoms with van der Waals surface area (Å²) in [6, 6.07) is 10.5. The second kappa shape index (κ2) is 7.75. The maximum Gasteiger partial charge on any atom is 0.418 e. The molecule has 1 N–H and O–H groups in total. The van der Waals surface area contributed by atoms with E-state index in [0.717, 1.165) is 12.1 Å². The number of aromatic nitrogens is 1. The molecular weight excluding hydrogens is 390 g/mol. The van der Waals surface area contributed by atoms with Crippen molar-refractivity contribution in [2.75, 3.05) is 11.9 Å². The SMILES string of the molecule is CCOC(=O)c1c(Nc2ccc(C#N)cc2)nc2ccc(F)cc2c1C(F)(F)F. The lowest BCUT2D eigenvalue weighted by molar-refractivity contribution is -0.136. The molecule has 3 rings (SSSR count). The van der Waals surface area contributed by atoms with Crippen molar-refractivity contribution >= 4 is 28.4 Å². The van der Waals surface area contributed by atoms with E-state index in [4.69, 9.17) is 10.00 Å². The minimum absolute atomic E-state index is 0.150. The summed E-state index contributed by atoms with van der Waals surface area (Å²) in [5.41, 5.74) is -1.68. The number of rotatable bonds is 4. The number of nitriles is 1. The van der Waals surface area contributed by atoms with E-state index in [2.05, 4.69) is 10.3 Å². The third kappa shape index (κ3) is 4.11. The van der Waals surface area contributed by atoms with Crippen LogP contribution in [0.25, 0.3) is 10.9 Å². The Balaban J connectivity index is 2.29. The van der Waals surface area contributed by atoms with Gasteiger partial charge in [-0.25, -0.2) is 14.2 Å². The molecule has 0 bridgehead atoms. The average Bonchev–Trinajstić information content (AvgIpc) is 2.67. The van der Waals surface area contributed by atoms with E-state index >= 15 is 0 Å². The van der Waals surface area contributed by atoms with Crippen LogP contribution >= 0.6 is 0 Å². The number of carbonyl (C=O) groups is 1. The van der Waals surface area contributed by atoms with Crippen LogP contribution in [-0.4, -0.2) is 17.6 Å². The van der Waals surface area contributed by atoms with Crippen LogP contribution in [0, 0.1) is 17.1 Å². The van der Waals surface area contributed by atoms with Crippen molar-refractivity contribution in [3.63, 3.8) is 0 Å². The fraction of sp³-hybridized carbons (Fsp3) is 0.150. The number of hydrogen-bond acceptors (Lipinski definition) is 5. The number of alkyl halides is 3. The lowest BCUT2D eigenvalue weighted by Gasteiger charge is -2.19. The molecule has 9 heteroatoms. The largest absolute Gasteiger partial charge is 0.462 e. The van der Waals surface area contributed by atoms with Crippen molar-refractivity contribution in [3.8, 4) is 6.07 Å². The van der Waals surface area contributed by atoms with Gasteiger partial charge in [-0.05, 0) is 49.4 Å². The minimum atomic E-state index is -4.97. The van der Waals surface area contributed by atoms with Gasteiger partial charge in [0.1, 0.15) is 17.2 Å². The summed E-state index contributed by atoms with van der Waals surface area (Å²) >= 11 is 0. The number of halogens is 4. The maximum absolute atomic E-state index is 13.9. The van der Waals surface area contributed by atoms with Crippen molar-refractivity contribution < 1.29 is 27.1 Å². The predicted molar refractivity (Wildman–Crippen MR) is 97.1 cm³/mol. The van der Waals surface area contributed by atoms with E-state index in [1.807, 2.05) is 6.07 Å². The number of carbonyl (C=O) groups excluding carboxylic acids is 1. The number of pyridine rings is 1. The molecule has 1 aromatic heterocycles.